The number of rotatable bonds is 4. The van der Waals surface area contributed by atoms with E-state index in [1.807, 2.05) is 31.2 Å². The van der Waals surface area contributed by atoms with Crippen molar-refractivity contribution >= 4 is 39.2 Å². The van der Waals surface area contributed by atoms with Crippen LogP contribution in [-0.2, 0) is 16.6 Å². The number of hydrogen-bond donors (Lipinski definition) is 2. The highest BCUT2D eigenvalue weighted by molar-refractivity contribution is 8.12. The molecular weight excluding hydrogens is 350 g/mol. The van der Waals surface area contributed by atoms with E-state index < -0.39 is 10.0 Å². The first-order chi connectivity index (χ1) is 10.7. The van der Waals surface area contributed by atoms with Crippen molar-refractivity contribution in [2.24, 2.45) is 0 Å². The summed E-state index contributed by atoms with van der Waals surface area (Å²) in [5.41, 5.74) is 2.41. The van der Waals surface area contributed by atoms with Crippen LogP contribution in [0.2, 0.25) is 0 Å². The molecule has 0 spiro atoms. The van der Waals surface area contributed by atoms with Crippen molar-refractivity contribution in [3.63, 3.8) is 0 Å². The third-order valence-electron chi connectivity index (χ3n) is 3.40. The first-order valence-electron chi connectivity index (χ1n) is 6.82. The quantitative estimate of drug-likeness (QED) is 0.642. The van der Waals surface area contributed by atoms with Crippen LogP contribution >= 0.6 is 24.8 Å². The molecule has 7 heteroatoms. The number of thiocarbonyl (C=S) groups is 1. The van der Waals surface area contributed by atoms with E-state index in [4.69, 9.17) is 12.2 Å². The van der Waals surface area contributed by atoms with E-state index in [1.54, 1.807) is 13.0 Å². The fourth-order valence-corrected chi connectivity index (χ4v) is 4.36. The van der Waals surface area contributed by atoms with E-state index in [0.29, 0.717) is 5.56 Å². The summed E-state index contributed by atoms with van der Waals surface area (Å²) in [6.07, 6.45) is 0. The fourth-order valence-electron chi connectivity index (χ4n) is 2.10. The maximum absolute atomic E-state index is 12.9. The van der Waals surface area contributed by atoms with Gasteiger partial charge < -0.3 is 5.11 Å². The van der Waals surface area contributed by atoms with Crippen molar-refractivity contribution in [2.45, 2.75) is 25.3 Å². The molecular formula is C16H17NO3S3. The molecule has 4 nitrogen and oxygen atoms in total. The van der Waals surface area contributed by atoms with Crippen molar-refractivity contribution in [3.05, 3.63) is 59.2 Å². The summed E-state index contributed by atoms with van der Waals surface area (Å²) in [7, 11) is -3.91. The highest BCUT2D eigenvalue weighted by atomic mass is 32.2. The molecule has 0 heterocycles. The van der Waals surface area contributed by atoms with Crippen LogP contribution in [-0.4, -0.2) is 22.2 Å². The molecule has 122 valence electrons. The molecule has 0 saturated carbocycles. The number of aromatic hydroxyl groups is 1. The van der Waals surface area contributed by atoms with Crippen LogP contribution in [0.4, 0.5) is 0 Å². The second kappa shape index (κ2) is 6.90. The number of nitrogens with zero attached hydrogens (tertiary/aromatic N) is 1. The van der Waals surface area contributed by atoms with Gasteiger partial charge in [0.15, 0.2) is 0 Å². The Balaban J connectivity index is 2.45. The third kappa shape index (κ3) is 4.04. The summed E-state index contributed by atoms with van der Waals surface area (Å²) in [5.74, 6) is -0.116. The van der Waals surface area contributed by atoms with Crippen molar-refractivity contribution < 1.29 is 13.5 Å². The lowest BCUT2D eigenvalue weighted by Gasteiger charge is -2.23. The van der Waals surface area contributed by atoms with Gasteiger partial charge in [0.2, 0.25) is 0 Å². The van der Waals surface area contributed by atoms with Gasteiger partial charge in [-0.05, 0) is 31.0 Å². The van der Waals surface area contributed by atoms with E-state index in [9.17, 15) is 13.5 Å². The largest absolute Gasteiger partial charge is 0.508 e. The molecule has 0 radical (unpaired) electrons. The molecule has 0 saturated heterocycles. The molecule has 0 aliphatic heterocycles. The van der Waals surface area contributed by atoms with Crippen LogP contribution in [0.3, 0.4) is 0 Å². The Morgan fingerprint density at radius 1 is 1.17 bits per heavy atom. The molecule has 23 heavy (non-hydrogen) atoms. The van der Waals surface area contributed by atoms with Crippen LogP contribution in [0.1, 0.15) is 16.7 Å². The standard InChI is InChI=1S/C16H17NO3S3/c1-11-3-6-13(7-4-11)10-17(16(21)22)23(19,20)15-9-14(18)8-5-12(15)2/h3-9,18H,10H2,1-2H3,(H,21,22). The minimum atomic E-state index is -3.91. The summed E-state index contributed by atoms with van der Waals surface area (Å²) < 4.78 is 26.8. The van der Waals surface area contributed by atoms with Crippen LogP contribution in [0.5, 0.6) is 5.75 Å². The SMILES string of the molecule is Cc1ccc(CN(C(=S)S)S(=O)(=O)c2cc(O)ccc2C)cc1. The van der Waals surface area contributed by atoms with Crippen molar-refractivity contribution in [2.75, 3.05) is 0 Å². The lowest BCUT2D eigenvalue weighted by Crippen LogP contribution is -2.33. The molecule has 0 aliphatic rings. The minimum absolute atomic E-state index is 0.0148. The Morgan fingerprint density at radius 2 is 1.78 bits per heavy atom. The normalized spacial score (nSPS) is 11.3. The zero-order chi connectivity index (χ0) is 17.2. The van der Waals surface area contributed by atoms with Crippen LogP contribution in [0, 0.1) is 13.8 Å². The molecule has 1 N–H and O–H groups in total. The molecule has 0 unspecified atom stereocenters. The van der Waals surface area contributed by atoms with Gasteiger partial charge in [0, 0.05) is 6.07 Å². The first-order valence-corrected chi connectivity index (χ1v) is 9.12. The maximum atomic E-state index is 12.9. The molecule has 2 rings (SSSR count). The lowest BCUT2D eigenvalue weighted by molar-refractivity contribution is 0.471. The van der Waals surface area contributed by atoms with E-state index in [0.717, 1.165) is 15.4 Å². The van der Waals surface area contributed by atoms with E-state index in [2.05, 4.69) is 12.6 Å². The van der Waals surface area contributed by atoms with Crippen molar-refractivity contribution in [3.8, 4) is 5.75 Å². The highest BCUT2D eigenvalue weighted by Gasteiger charge is 2.27. The minimum Gasteiger partial charge on any atom is -0.508 e. The topological polar surface area (TPSA) is 57.6 Å². The molecule has 2 aromatic carbocycles. The Labute approximate surface area is 147 Å². The van der Waals surface area contributed by atoms with Gasteiger partial charge in [0.25, 0.3) is 10.0 Å². The Hall–Kier alpha value is -1.57. The summed E-state index contributed by atoms with van der Waals surface area (Å²) >= 11 is 9.08. The highest BCUT2D eigenvalue weighted by Crippen LogP contribution is 2.26. The summed E-state index contributed by atoms with van der Waals surface area (Å²) in [5, 5.41) is 9.61. The van der Waals surface area contributed by atoms with Gasteiger partial charge in [-0.1, -0.05) is 48.1 Å². The Morgan fingerprint density at radius 3 is 2.35 bits per heavy atom. The van der Waals surface area contributed by atoms with Gasteiger partial charge >= 0.3 is 0 Å². The van der Waals surface area contributed by atoms with E-state index >= 15 is 0 Å². The first kappa shape index (κ1) is 17.8. The van der Waals surface area contributed by atoms with Gasteiger partial charge in [-0.2, -0.15) is 0 Å². The average molecular weight is 368 g/mol. The Kier molecular flexibility index (Phi) is 5.33. The maximum Gasteiger partial charge on any atom is 0.266 e. The predicted molar refractivity (Wildman–Crippen MR) is 98.3 cm³/mol. The summed E-state index contributed by atoms with van der Waals surface area (Å²) in [6.45, 7) is 3.70. The van der Waals surface area contributed by atoms with Gasteiger partial charge in [0.05, 0.1) is 11.4 Å². The average Bonchev–Trinajstić information content (AvgIpc) is 2.48. The van der Waals surface area contributed by atoms with Gasteiger partial charge in [-0.15, -0.1) is 12.6 Å². The molecule has 0 amide bonds. The number of sulfonamides is 1. The molecule has 0 aliphatic carbocycles. The zero-order valence-electron chi connectivity index (χ0n) is 12.7. The van der Waals surface area contributed by atoms with Gasteiger partial charge in [0.1, 0.15) is 10.1 Å². The predicted octanol–water partition coefficient (Wildman–Crippen LogP) is 3.41. The number of phenols is 1. The summed E-state index contributed by atoms with van der Waals surface area (Å²) in [4.78, 5) is 0.0148. The summed E-state index contributed by atoms with van der Waals surface area (Å²) in [6, 6.07) is 11.7. The van der Waals surface area contributed by atoms with Crippen molar-refractivity contribution in [1.29, 1.82) is 0 Å². The molecule has 0 fully saturated rings. The molecule has 0 aromatic heterocycles. The fraction of sp³-hybridized carbons (Fsp3) is 0.188. The number of aryl methyl sites for hydroxylation is 2. The van der Waals surface area contributed by atoms with Crippen LogP contribution < -0.4 is 0 Å². The number of phenolic OH excluding ortho intramolecular Hbond substituents is 1. The number of hydrogen-bond acceptors (Lipinski definition) is 4. The van der Waals surface area contributed by atoms with E-state index in [1.165, 1.54) is 12.1 Å². The van der Waals surface area contributed by atoms with Gasteiger partial charge in [-0.3, -0.25) is 0 Å². The second-order valence-corrected chi connectivity index (χ2v) is 8.17. The smallest absolute Gasteiger partial charge is 0.266 e. The molecule has 0 atom stereocenters. The van der Waals surface area contributed by atoms with Crippen molar-refractivity contribution in [1.82, 2.24) is 4.31 Å². The Bertz CT molecular complexity index is 830. The lowest BCUT2D eigenvalue weighted by atomic mass is 10.1. The number of benzene rings is 2. The van der Waals surface area contributed by atoms with Crippen LogP contribution in [0.15, 0.2) is 47.4 Å². The van der Waals surface area contributed by atoms with Crippen LogP contribution in [0.25, 0.3) is 0 Å². The van der Waals surface area contributed by atoms with Gasteiger partial charge in [-0.25, -0.2) is 12.7 Å². The monoisotopic (exact) mass is 367 g/mol. The third-order valence-corrected chi connectivity index (χ3v) is 6.00. The number of thiol groups is 1. The molecule has 2 aromatic rings. The molecule has 0 bridgehead atoms. The van der Waals surface area contributed by atoms with E-state index in [-0.39, 0.29) is 21.5 Å². The second-order valence-electron chi connectivity index (χ2n) is 5.23. The zero-order valence-corrected chi connectivity index (χ0v) is 15.3.